The lowest BCUT2D eigenvalue weighted by Gasteiger charge is -2.28. The van der Waals surface area contributed by atoms with Crippen LogP contribution in [0, 0.1) is 12.8 Å². The summed E-state index contributed by atoms with van der Waals surface area (Å²) in [7, 11) is 0. The van der Waals surface area contributed by atoms with Gasteiger partial charge in [-0.3, -0.25) is 0 Å². The first-order chi connectivity index (χ1) is 9.21. The van der Waals surface area contributed by atoms with Gasteiger partial charge in [-0.05, 0) is 25.7 Å². The van der Waals surface area contributed by atoms with Gasteiger partial charge in [-0.2, -0.15) is 0 Å². The zero-order valence-electron chi connectivity index (χ0n) is 11.9. The maximum atomic E-state index is 5.96. The Balaban J connectivity index is 1.89. The molecule has 106 valence electrons. The summed E-state index contributed by atoms with van der Waals surface area (Å²) in [5.41, 5.74) is 3.46. The summed E-state index contributed by atoms with van der Waals surface area (Å²) < 4.78 is 5.96. The number of hydrazine groups is 1. The standard InChI is InChI=1S/C14H24N4O/c1-3-11-5-4-6-12(8-11)19-9-14-16-10(2)7-13(17-14)18-15/h7,11-12H,3-6,8-9,15H2,1-2H3,(H,16,17,18). The fourth-order valence-corrected chi connectivity index (χ4v) is 2.72. The van der Waals surface area contributed by atoms with E-state index in [2.05, 4.69) is 22.3 Å². The molecule has 1 fully saturated rings. The number of nitrogens with zero attached hydrogens (tertiary/aromatic N) is 2. The predicted molar refractivity (Wildman–Crippen MR) is 75.4 cm³/mol. The van der Waals surface area contributed by atoms with Crippen LogP contribution in [-0.2, 0) is 11.3 Å². The number of rotatable bonds is 5. The van der Waals surface area contributed by atoms with E-state index in [0.717, 1.165) is 18.0 Å². The van der Waals surface area contributed by atoms with E-state index in [9.17, 15) is 0 Å². The SMILES string of the molecule is CCC1CCCC(OCc2nc(C)cc(NN)n2)C1. The first kappa shape index (κ1) is 14.2. The monoisotopic (exact) mass is 264 g/mol. The highest BCUT2D eigenvalue weighted by molar-refractivity contribution is 5.33. The van der Waals surface area contributed by atoms with Crippen LogP contribution in [0.3, 0.4) is 0 Å². The zero-order valence-corrected chi connectivity index (χ0v) is 11.9. The van der Waals surface area contributed by atoms with Gasteiger partial charge in [0.05, 0.1) is 6.10 Å². The first-order valence-corrected chi connectivity index (χ1v) is 7.14. The number of anilines is 1. The van der Waals surface area contributed by atoms with Crippen LogP contribution in [0.15, 0.2) is 6.07 Å². The summed E-state index contributed by atoms with van der Waals surface area (Å²) in [6.07, 6.45) is 6.56. The number of aryl methyl sites for hydroxylation is 1. The van der Waals surface area contributed by atoms with Gasteiger partial charge >= 0.3 is 0 Å². The largest absolute Gasteiger partial charge is 0.370 e. The molecule has 2 rings (SSSR count). The molecule has 0 radical (unpaired) electrons. The number of nitrogen functional groups attached to an aromatic ring is 1. The summed E-state index contributed by atoms with van der Waals surface area (Å²) >= 11 is 0. The lowest BCUT2D eigenvalue weighted by atomic mass is 9.85. The number of nitrogens with one attached hydrogen (secondary N) is 1. The summed E-state index contributed by atoms with van der Waals surface area (Å²) in [5, 5.41) is 0. The summed E-state index contributed by atoms with van der Waals surface area (Å²) in [6, 6.07) is 1.82. The Bertz CT molecular complexity index is 410. The molecule has 2 atom stereocenters. The van der Waals surface area contributed by atoms with Crippen LogP contribution in [-0.4, -0.2) is 16.1 Å². The second-order valence-corrected chi connectivity index (χ2v) is 5.33. The molecule has 0 aromatic carbocycles. The van der Waals surface area contributed by atoms with E-state index in [0.29, 0.717) is 24.4 Å². The van der Waals surface area contributed by atoms with Crippen LogP contribution in [0.1, 0.15) is 50.5 Å². The molecule has 0 aliphatic heterocycles. The van der Waals surface area contributed by atoms with Crippen molar-refractivity contribution >= 4 is 5.82 Å². The Morgan fingerprint density at radius 3 is 3.00 bits per heavy atom. The Morgan fingerprint density at radius 2 is 2.26 bits per heavy atom. The van der Waals surface area contributed by atoms with E-state index >= 15 is 0 Å². The van der Waals surface area contributed by atoms with Crippen LogP contribution in [0.25, 0.3) is 0 Å². The smallest absolute Gasteiger partial charge is 0.156 e. The molecule has 3 N–H and O–H groups in total. The lowest BCUT2D eigenvalue weighted by Crippen LogP contribution is -2.23. The molecule has 0 bridgehead atoms. The van der Waals surface area contributed by atoms with Gasteiger partial charge in [-0.25, -0.2) is 15.8 Å². The quantitative estimate of drug-likeness (QED) is 0.631. The molecule has 5 nitrogen and oxygen atoms in total. The van der Waals surface area contributed by atoms with E-state index < -0.39 is 0 Å². The number of aromatic nitrogens is 2. The molecule has 19 heavy (non-hydrogen) atoms. The Hall–Kier alpha value is -1.20. The van der Waals surface area contributed by atoms with Crippen LogP contribution >= 0.6 is 0 Å². The second-order valence-electron chi connectivity index (χ2n) is 5.33. The van der Waals surface area contributed by atoms with Gasteiger partial charge in [0.25, 0.3) is 0 Å². The van der Waals surface area contributed by atoms with Gasteiger partial charge in [0.15, 0.2) is 5.82 Å². The number of hydrogen-bond acceptors (Lipinski definition) is 5. The van der Waals surface area contributed by atoms with Crippen LogP contribution in [0.4, 0.5) is 5.82 Å². The zero-order chi connectivity index (χ0) is 13.7. The van der Waals surface area contributed by atoms with Crippen LogP contribution in [0.5, 0.6) is 0 Å². The summed E-state index contributed by atoms with van der Waals surface area (Å²) in [5.74, 6) is 7.54. The minimum Gasteiger partial charge on any atom is -0.370 e. The third-order valence-corrected chi connectivity index (χ3v) is 3.81. The lowest BCUT2D eigenvalue weighted by molar-refractivity contribution is -0.00121. The molecule has 0 saturated heterocycles. The van der Waals surface area contributed by atoms with E-state index in [1.165, 1.54) is 25.7 Å². The topological polar surface area (TPSA) is 73.1 Å². The third kappa shape index (κ3) is 4.14. The molecular weight excluding hydrogens is 240 g/mol. The van der Waals surface area contributed by atoms with Crippen molar-refractivity contribution in [1.29, 1.82) is 0 Å². The van der Waals surface area contributed by atoms with Crippen LogP contribution in [0.2, 0.25) is 0 Å². The van der Waals surface area contributed by atoms with E-state index in [4.69, 9.17) is 10.6 Å². The minimum atomic E-state index is 0.358. The molecule has 1 heterocycles. The minimum absolute atomic E-state index is 0.358. The highest BCUT2D eigenvalue weighted by Crippen LogP contribution is 2.28. The van der Waals surface area contributed by atoms with Gasteiger partial charge in [0, 0.05) is 11.8 Å². The number of hydrogen-bond donors (Lipinski definition) is 2. The number of ether oxygens (including phenoxy) is 1. The van der Waals surface area contributed by atoms with Gasteiger partial charge in [-0.1, -0.05) is 26.2 Å². The fourth-order valence-electron chi connectivity index (χ4n) is 2.72. The normalized spacial score (nSPS) is 23.3. The number of nitrogens with two attached hydrogens (primary N) is 1. The molecule has 1 aliphatic rings. The molecule has 0 amide bonds. The van der Waals surface area contributed by atoms with Crippen molar-refractivity contribution in [2.24, 2.45) is 11.8 Å². The molecule has 1 aliphatic carbocycles. The maximum Gasteiger partial charge on any atom is 0.156 e. The van der Waals surface area contributed by atoms with Crippen molar-refractivity contribution in [2.45, 2.75) is 58.7 Å². The molecule has 1 saturated carbocycles. The average Bonchev–Trinajstić information content (AvgIpc) is 2.44. The highest BCUT2D eigenvalue weighted by atomic mass is 16.5. The molecule has 1 aromatic heterocycles. The third-order valence-electron chi connectivity index (χ3n) is 3.81. The molecular formula is C14H24N4O. The maximum absolute atomic E-state index is 5.96. The average molecular weight is 264 g/mol. The van der Waals surface area contributed by atoms with Crippen molar-refractivity contribution in [3.63, 3.8) is 0 Å². The second kappa shape index (κ2) is 6.82. The van der Waals surface area contributed by atoms with Gasteiger partial charge in [0.2, 0.25) is 0 Å². The summed E-state index contributed by atoms with van der Waals surface area (Å²) in [6.45, 7) is 4.66. The Labute approximate surface area is 114 Å². The van der Waals surface area contributed by atoms with Crippen LogP contribution < -0.4 is 11.3 Å². The van der Waals surface area contributed by atoms with Gasteiger partial charge in [-0.15, -0.1) is 0 Å². The van der Waals surface area contributed by atoms with E-state index in [-0.39, 0.29) is 0 Å². The van der Waals surface area contributed by atoms with Gasteiger partial charge in [0.1, 0.15) is 12.4 Å². The fraction of sp³-hybridized carbons (Fsp3) is 0.714. The van der Waals surface area contributed by atoms with E-state index in [1.807, 2.05) is 13.0 Å². The first-order valence-electron chi connectivity index (χ1n) is 7.14. The Morgan fingerprint density at radius 1 is 1.42 bits per heavy atom. The van der Waals surface area contributed by atoms with Crippen molar-refractivity contribution in [2.75, 3.05) is 5.43 Å². The van der Waals surface area contributed by atoms with Crippen molar-refractivity contribution in [1.82, 2.24) is 9.97 Å². The van der Waals surface area contributed by atoms with Crippen molar-refractivity contribution < 1.29 is 4.74 Å². The van der Waals surface area contributed by atoms with Crippen molar-refractivity contribution in [3.8, 4) is 0 Å². The van der Waals surface area contributed by atoms with E-state index in [1.54, 1.807) is 0 Å². The Kier molecular flexibility index (Phi) is 5.10. The molecule has 5 heteroatoms. The summed E-state index contributed by atoms with van der Waals surface area (Å²) in [4.78, 5) is 8.68. The predicted octanol–water partition coefficient (Wildman–Crippen LogP) is 2.56. The highest BCUT2D eigenvalue weighted by Gasteiger charge is 2.21. The molecule has 2 unspecified atom stereocenters. The molecule has 1 aromatic rings. The van der Waals surface area contributed by atoms with Gasteiger partial charge < -0.3 is 10.2 Å². The van der Waals surface area contributed by atoms with Crippen molar-refractivity contribution in [3.05, 3.63) is 17.6 Å². The molecule has 0 spiro atoms.